The van der Waals surface area contributed by atoms with Gasteiger partial charge < -0.3 is 14.8 Å². The molecule has 0 unspecified atom stereocenters. The average Bonchev–Trinajstić information content (AvgIpc) is 2.55. The molecule has 2 rings (SSSR count). The lowest BCUT2D eigenvalue weighted by atomic mass is 10.1. The Morgan fingerprint density at radius 2 is 1.96 bits per heavy atom. The first-order chi connectivity index (χ1) is 11.0. The number of nitrogens with one attached hydrogen (secondary N) is 1. The molecule has 0 spiro atoms. The molecule has 0 fully saturated rings. The van der Waals surface area contributed by atoms with E-state index in [1.54, 1.807) is 19.2 Å². The summed E-state index contributed by atoms with van der Waals surface area (Å²) in [5, 5.41) is 2.58. The number of ether oxygens (including phenoxy) is 2. The van der Waals surface area contributed by atoms with Crippen LogP contribution in [0.2, 0.25) is 0 Å². The molecule has 0 aliphatic heterocycles. The van der Waals surface area contributed by atoms with E-state index in [2.05, 4.69) is 5.32 Å². The van der Waals surface area contributed by atoms with Gasteiger partial charge in [0.1, 0.15) is 17.4 Å². The van der Waals surface area contributed by atoms with Gasteiger partial charge in [0.2, 0.25) is 0 Å². The number of rotatable bonds is 6. The lowest BCUT2D eigenvalue weighted by Crippen LogP contribution is -2.29. The van der Waals surface area contributed by atoms with E-state index in [0.29, 0.717) is 11.8 Å². The number of halogens is 2. The van der Waals surface area contributed by atoms with Crippen molar-refractivity contribution < 1.29 is 23.0 Å². The monoisotopic (exact) mass is 321 g/mol. The number of methoxy groups -OCH3 is 2. The molecule has 23 heavy (non-hydrogen) atoms. The Labute approximate surface area is 133 Å². The molecule has 0 aliphatic rings. The number of amides is 1. The van der Waals surface area contributed by atoms with E-state index in [4.69, 9.17) is 9.47 Å². The van der Waals surface area contributed by atoms with Crippen LogP contribution in [0.3, 0.4) is 0 Å². The van der Waals surface area contributed by atoms with Crippen LogP contribution in [0.15, 0.2) is 42.5 Å². The molecule has 4 nitrogen and oxygen atoms in total. The van der Waals surface area contributed by atoms with Gasteiger partial charge >= 0.3 is 0 Å². The molecule has 1 atom stereocenters. The first kappa shape index (κ1) is 16.9. The van der Waals surface area contributed by atoms with Crippen LogP contribution in [0.25, 0.3) is 0 Å². The summed E-state index contributed by atoms with van der Waals surface area (Å²) in [6.07, 6.45) is -0.419. The molecule has 0 saturated carbocycles. The van der Waals surface area contributed by atoms with Crippen molar-refractivity contribution in [2.75, 3.05) is 20.8 Å². The minimum atomic E-state index is -0.905. The van der Waals surface area contributed by atoms with E-state index in [-0.39, 0.29) is 12.1 Å². The number of hydrogen-bond acceptors (Lipinski definition) is 3. The van der Waals surface area contributed by atoms with Crippen molar-refractivity contribution >= 4 is 5.91 Å². The van der Waals surface area contributed by atoms with Crippen LogP contribution in [0.4, 0.5) is 8.78 Å². The van der Waals surface area contributed by atoms with Gasteiger partial charge in [-0.2, -0.15) is 0 Å². The largest absolute Gasteiger partial charge is 0.497 e. The van der Waals surface area contributed by atoms with Gasteiger partial charge in [0.25, 0.3) is 5.91 Å². The zero-order valence-corrected chi connectivity index (χ0v) is 12.8. The molecule has 1 N–H and O–H groups in total. The number of hydrogen-bond donors (Lipinski definition) is 1. The molecule has 0 radical (unpaired) electrons. The third-order valence-electron chi connectivity index (χ3n) is 3.37. The molecule has 122 valence electrons. The van der Waals surface area contributed by atoms with Gasteiger partial charge in [-0.05, 0) is 29.8 Å². The second-order valence-electron chi connectivity index (χ2n) is 4.84. The topological polar surface area (TPSA) is 47.6 Å². The summed E-state index contributed by atoms with van der Waals surface area (Å²) in [7, 11) is 3.06. The first-order valence-electron chi connectivity index (χ1n) is 6.95. The van der Waals surface area contributed by atoms with Crippen LogP contribution >= 0.6 is 0 Å². The summed E-state index contributed by atoms with van der Waals surface area (Å²) in [6.45, 7) is 0.138. The minimum absolute atomic E-state index is 0.138. The van der Waals surface area contributed by atoms with Gasteiger partial charge in [0.15, 0.2) is 0 Å². The molecule has 0 bridgehead atoms. The number of carbonyl (C=O) groups is 1. The quantitative estimate of drug-likeness (QED) is 0.889. The Hall–Kier alpha value is -2.47. The standard InChI is InChI=1S/C17H17F2NO3/c1-22-13-5-3-4-11(8-13)16(23-2)10-20-17(21)14-7-6-12(18)9-15(14)19/h3-9,16H,10H2,1-2H3,(H,20,21)/t16-/m0/s1. The van der Waals surface area contributed by atoms with Crippen molar-refractivity contribution in [3.05, 3.63) is 65.2 Å². The van der Waals surface area contributed by atoms with Gasteiger partial charge in [-0.3, -0.25) is 4.79 Å². The minimum Gasteiger partial charge on any atom is -0.497 e. The summed E-state index contributed by atoms with van der Waals surface area (Å²) >= 11 is 0. The third kappa shape index (κ3) is 4.26. The van der Waals surface area contributed by atoms with E-state index < -0.39 is 23.6 Å². The van der Waals surface area contributed by atoms with E-state index in [9.17, 15) is 13.6 Å². The fourth-order valence-electron chi connectivity index (χ4n) is 2.13. The maximum absolute atomic E-state index is 13.6. The Bertz CT molecular complexity index is 691. The maximum atomic E-state index is 13.6. The molecule has 0 aromatic heterocycles. The zero-order valence-electron chi connectivity index (χ0n) is 12.8. The third-order valence-corrected chi connectivity index (χ3v) is 3.37. The van der Waals surface area contributed by atoms with Gasteiger partial charge in [0.05, 0.1) is 18.8 Å². The molecule has 1 amide bonds. The Morgan fingerprint density at radius 1 is 1.17 bits per heavy atom. The lowest BCUT2D eigenvalue weighted by Gasteiger charge is -2.17. The van der Waals surface area contributed by atoms with Crippen LogP contribution in [0.5, 0.6) is 5.75 Å². The molecule has 2 aromatic rings. The summed E-state index contributed by atoms with van der Waals surface area (Å²) < 4.78 is 36.9. The van der Waals surface area contributed by atoms with Crippen LogP contribution in [0.1, 0.15) is 22.0 Å². The summed E-state index contributed by atoms with van der Waals surface area (Å²) in [5.74, 6) is -1.60. The van der Waals surface area contributed by atoms with E-state index in [0.717, 1.165) is 17.7 Å². The van der Waals surface area contributed by atoms with Crippen molar-refractivity contribution in [3.63, 3.8) is 0 Å². The Balaban J connectivity index is 2.06. The van der Waals surface area contributed by atoms with Crippen LogP contribution in [0, 0.1) is 11.6 Å². The van der Waals surface area contributed by atoms with Gasteiger partial charge in [-0.1, -0.05) is 12.1 Å². The highest BCUT2D eigenvalue weighted by Crippen LogP contribution is 2.21. The fraction of sp³-hybridized carbons (Fsp3) is 0.235. The van der Waals surface area contributed by atoms with Crippen molar-refractivity contribution in [2.45, 2.75) is 6.10 Å². The molecular formula is C17H17F2NO3. The second kappa shape index (κ2) is 7.69. The average molecular weight is 321 g/mol. The summed E-state index contributed by atoms with van der Waals surface area (Å²) in [4.78, 5) is 12.0. The summed E-state index contributed by atoms with van der Waals surface area (Å²) in [6, 6.07) is 10.0. The lowest BCUT2D eigenvalue weighted by molar-refractivity contribution is 0.0824. The second-order valence-corrected chi connectivity index (χ2v) is 4.84. The predicted octanol–water partition coefficient (Wildman–Crippen LogP) is 3.09. The fourth-order valence-corrected chi connectivity index (χ4v) is 2.13. The SMILES string of the molecule is COc1cccc([C@H](CNC(=O)c2ccc(F)cc2F)OC)c1. The maximum Gasteiger partial charge on any atom is 0.254 e. The zero-order chi connectivity index (χ0) is 16.8. The van der Waals surface area contributed by atoms with Crippen molar-refractivity contribution in [3.8, 4) is 5.75 Å². The van der Waals surface area contributed by atoms with Crippen molar-refractivity contribution in [1.82, 2.24) is 5.32 Å². The highest BCUT2D eigenvalue weighted by molar-refractivity contribution is 5.94. The van der Waals surface area contributed by atoms with Crippen molar-refractivity contribution in [2.24, 2.45) is 0 Å². The normalized spacial score (nSPS) is 11.8. The Morgan fingerprint density at radius 3 is 2.61 bits per heavy atom. The van der Waals surface area contributed by atoms with Gasteiger partial charge in [0, 0.05) is 19.7 Å². The smallest absolute Gasteiger partial charge is 0.254 e. The highest BCUT2D eigenvalue weighted by atomic mass is 19.1. The van der Waals surface area contributed by atoms with Crippen LogP contribution in [-0.2, 0) is 4.74 Å². The number of carbonyl (C=O) groups excluding carboxylic acids is 1. The molecule has 0 saturated heterocycles. The molecular weight excluding hydrogens is 304 g/mol. The van der Waals surface area contributed by atoms with E-state index in [1.807, 2.05) is 12.1 Å². The van der Waals surface area contributed by atoms with E-state index >= 15 is 0 Å². The molecule has 0 aliphatic carbocycles. The molecule has 0 heterocycles. The first-order valence-corrected chi connectivity index (χ1v) is 6.95. The Kier molecular flexibility index (Phi) is 5.65. The van der Waals surface area contributed by atoms with Gasteiger partial charge in [-0.15, -0.1) is 0 Å². The predicted molar refractivity (Wildman–Crippen MR) is 81.4 cm³/mol. The van der Waals surface area contributed by atoms with Gasteiger partial charge in [-0.25, -0.2) is 8.78 Å². The van der Waals surface area contributed by atoms with Crippen LogP contribution in [-0.4, -0.2) is 26.7 Å². The highest BCUT2D eigenvalue weighted by Gasteiger charge is 2.16. The molecule has 6 heteroatoms. The van der Waals surface area contributed by atoms with Crippen LogP contribution < -0.4 is 10.1 Å². The number of benzene rings is 2. The molecule has 2 aromatic carbocycles. The van der Waals surface area contributed by atoms with E-state index in [1.165, 1.54) is 7.11 Å². The summed E-state index contributed by atoms with van der Waals surface area (Å²) in [5.41, 5.74) is 0.596. The van der Waals surface area contributed by atoms with Crippen molar-refractivity contribution in [1.29, 1.82) is 0 Å².